The highest BCUT2D eigenvalue weighted by Crippen LogP contribution is 2.33. The molecule has 1 N–H and O–H groups in total. The second-order valence-electron chi connectivity index (χ2n) is 5.30. The van der Waals surface area contributed by atoms with E-state index in [4.69, 9.17) is 0 Å². The smallest absolute Gasteiger partial charge is 0.0331 e. The number of hydrogen-bond acceptors (Lipinski definition) is 2. The molecule has 0 saturated carbocycles. The van der Waals surface area contributed by atoms with Gasteiger partial charge in [0.1, 0.15) is 0 Å². The van der Waals surface area contributed by atoms with Crippen LogP contribution in [0.3, 0.4) is 0 Å². The lowest BCUT2D eigenvalue weighted by Crippen LogP contribution is -2.29. The molecule has 1 nitrogen and oxygen atoms in total. The van der Waals surface area contributed by atoms with Crippen molar-refractivity contribution in [2.75, 3.05) is 6.54 Å². The first kappa shape index (κ1) is 11.5. The molecule has 0 bridgehead atoms. The van der Waals surface area contributed by atoms with Crippen molar-refractivity contribution in [3.63, 3.8) is 0 Å². The summed E-state index contributed by atoms with van der Waals surface area (Å²) < 4.78 is 0. The first-order chi connectivity index (χ1) is 8.43. The summed E-state index contributed by atoms with van der Waals surface area (Å²) in [6.45, 7) is 1.20. The van der Waals surface area contributed by atoms with Crippen molar-refractivity contribution >= 4 is 11.3 Å². The molecule has 2 aliphatic rings. The van der Waals surface area contributed by atoms with Crippen molar-refractivity contribution < 1.29 is 0 Å². The Kier molecular flexibility index (Phi) is 3.62. The average molecular weight is 247 g/mol. The molecule has 3 rings (SSSR count). The fourth-order valence-corrected chi connectivity index (χ4v) is 4.04. The van der Waals surface area contributed by atoms with Crippen LogP contribution < -0.4 is 5.32 Å². The lowest BCUT2D eigenvalue weighted by Gasteiger charge is -2.27. The Morgan fingerprint density at radius 2 is 2.29 bits per heavy atom. The van der Waals surface area contributed by atoms with E-state index in [9.17, 15) is 0 Å². The summed E-state index contributed by atoms with van der Waals surface area (Å²) in [6, 6.07) is 2.97. The molecule has 0 aliphatic heterocycles. The largest absolute Gasteiger partial charge is 0.310 e. The molecule has 17 heavy (non-hydrogen) atoms. The highest BCUT2D eigenvalue weighted by Gasteiger charge is 2.21. The van der Waals surface area contributed by atoms with Gasteiger partial charge < -0.3 is 5.32 Å². The van der Waals surface area contributed by atoms with E-state index in [1.54, 1.807) is 10.4 Å². The average Bonchev–Trinajstić information content (AvgIpc) is 2.86. The minimum atomic E-state index is 0.635. The summed E-state index contributed by atoms with van der Waals surface area (Å²) in [4.78, 5) is 1.62. The van der Waals surface area contributed by atoms with Gasteiger partial charge in [-0.25, -0.2) is 0 Å². The van der Waals surface area contributed by atoms with Crippen LogP contribution in [0.25, 0.3) is 0 Å². The van der Waals surface area contributed by atoms with E-state index in [1.165, 1.54) is 45.1 Å². The molecular weight excluding hydrogens is 226 g/mol. The van der Waals surface area contributed by atoms with Crippen LogP contribution in [-0.2, 0) is 6.42 Å². The van der Waals surface area contributed by atoms with Crippen LogP contribution in [0, 0.1) is 5.92 Å². The van der Waals surface area contributed by atoms with Gasteiger partial charge >= 0.3 is 0 Å². The van der Waals surface area contributed by atoms with E-state index in [0.717, 1.165) is 5.92 Å². The fraction of sp³-hybridized carbons (Fsp3) is 0.600. The third kappa shape index (κ3) is 2.63. The van der Waals surface area contributed by atoms with E-state index in [-0.39, 0.29) is 0 Å². The first-order valence-electron chi connectivity index (χ1n) is 6.88. The lowest BCUT2D eigenvalue weighted by molar-refractivity contribution is 0.383. The van der Waals surface area contributed by atoms with Gasteiger partial charge in [-0.05, 0) is 68.0 Å². The summed E-state index contributed by atoms with van der Waals surface area (Å²) in [7, 11) is 0. The van der Waals surface area contributed by atoms with Crippen LogP contribution in [0.15, 0.2) is 23.6 Å². The molecule has 2 atom stereocenters. The van der Waals surface area contributed by atoms with Gasteiger partial charge in [0.25, 0.3) is 0 Å². The normalized spacial score (nSPS) is 28.0. The number of aryl methyl sites for hydroxylation is 1. The number of hydrogen-bond donors (Lipinski definition) is 1. The molecule has 0 fully saturated rings. The van der Waals surface area contributed by atoms with Gasteiger partial charge in [0.15, 0.2) is 0 Å². The number of thiophene rings is 1. The Bertz CT molecular complexity index is 393. The minimum absolute atomic E-state index is 0.635. The predicted molar refractivity (Wildman–Crippen MR) is 74.5 cm³/mol. The van der Waals surface area contributed by atoms with Gasteiger partial charge in [0.05, 0.1) is 0 Å². The minimum Gasteiger partial charge on any atom is -0.310 e. The molecule has 0 radical (unpaired) electrons. The molecule has 1 aromatic heterocycles. The Balaban J connectivity index is 1.58. The highest BCUT2D eigenvalue weighted by atomic mass is 32.1. The molecular formula is C15H21NS. The first-order valence-corrected chi connectivity index (χ1v) is 7.76. The fourth-order valence-electron chi connectivity index (χ4n) is 3.05. The summed E-state index contributed by atoms with van der Waals surface area (Å²) in [5, 5.41) is 6.06. The number of fused-ring (bicyclic) bond motifs is 1. The van der Waals surface area contributed by atoms with Crippen LogP contribution in [0.2, 0.25) is 0 Å². The van der Waals surface area contributed by atoms with E-state index < -0.39 is 0 Å². The van der Waals surface area contributed by atoms with Crippen LogP contribution in [0.5, 0.6) is 0 Å². The van der Waals surface area contributed by atoms with Crippen molar-refractivity contribution in [2.24, 2.45) is 5.92 Å². The summed E-state index contributed by atoms with van der Waals surface area (Å²) in [6.07, 6.45) is 12.6. The van der Waals surface area contributed by atoms with Gasteiger partial charge in [-0.2, -0.15) is 0 Å². The molecule has 1 aromatic rings. The van der Waals surface area contributed by atoms with Crippen LogP contribution >= 0.6 is 11.3 Å². The SMILES string of the molecule is C1=CCC(CNC2CCCc3sccc32)CC1. The third-order valence-corrected chi connectivity index (χ3v) is 5.08. The van der Waals surface area contributed by atoms with Crippen LogP contribution in [0.1, 0.15) is 48.6 Å². The van der Waals surface area contributed by atoms with Gasteiger partial charge in [-0.15, -0.1) is 11.3 Å². The monoisotopic (exact) mass is 247 g/mol. The second-order valence-corrected chi connectivity index (χ2v) is 6.30. The molecule has 0 saturated heterocycles. The van der Waals surface area contributed by atoms with Crippen molar-refractivity contribution in [1.82, 2.24) is 5.32 Å². The molecule has 0 aromatic carbocycles. The summed E-state index contributed by atoms with van der Waals surface area (Å²) in [5.74, 6) is 0.865. The molecule has 2 heteroatoms. The standard InChI is InChI=1S/C15H21NS/c1-2-5-12(6-3-1)11-16-14-7-4-8-15-13(14)9-10-17-15/h1-2,9-10,12,14,16H,3-8,11H2. The zero-order valence-electron chi connectivity index (χ0n) is 10.3. The van der Waals surface area contributed by atoms with Crippen LogP contribution in [0.4, 0.5) is 0 Å². The second kappa shape index (κ2) is 5.36. The maximum absolute atomic E-state index is 3.81. The van der Waals surface area contributed by atoms with Crippen LogP contribution in [-0.4, -0.2) is 6.54 Å². The van der Waals surface area contributed by atoms with Crippen molar-refractivity contribution in [2.45, 2.75) is 44.6 Å². The molecule has 2 unspecified atom stereocenters. The van der Waals surface area contributed by atoms with Gasteiger partial charge in [-0.1, -0.05) is 12.2 Å². The summed E-state index contributed by atoms with van der Waals surface area (Å²) in [5.41, 5.74) is 1.59. The van der Waals surface area contributed by atoms with Gasteiger partial charge in [-0.3, -0.25) is 0 Å². The topological polar surface area (TPSA) is 12.0 Å². The van der Waals surface area contributed by atoms with Crippen molar-refractivity contribution in [3.05, 3.63) is 34.0 Å². The third-order valence-electron chi connectivity index (χ3n) is 4.08. The number of nitrogens with one attached hydrogen (secondary N) is 1. The van der Waals surface area contributed by atoms with Gasteiger partial charge in [0.2, 0.25) is 0 Å². The molecule has 0 amide bonds. The summed E-state index contributed by atoms with van der Waals surface area (Å²) >= 11 is 1.94. The van der Waals surface area contributed by atoms with E-state index >= 15 is 0 Å². The van der Waals surface area contributed by atoms with E-state index in [0.29, 0.717) is 6.04 Å². The Morgan fingerprint density at radius 1 is 1.29 bits per heavy atom. The Labute approximate surface area is 108 Å². The Morgan fingerprint density at radius 3 is 3.18 bits per heavy atom. The quantitative estimate of drug-likeness (QED) is 0.794. The van der Waals surface area contributed by atoms with Gasteiger partial charge in [0, 0.05) is 10.9 Å². The maximum Gasteiger partial charge on any atom is 0.0331 e. The van der Waals surface area contributed by atoms with Crippen molar-refractivity contribution in [3.8, 4) is 0 Å². The maximum atomic E-state index is 3.81. The van der Waals surface area contributed by atoms with Crippen molar-refractivity contribution in [1.29, 1.82) is 0 Å². The number of rotatable bonds is 3. The highest BCUT2D eigenvalue weighted by molar-refractivity contribution is 7.10. The number of allylic oxidation sites excluding steroid dienone is 2. The molecule has 1 heterocycles. The molecule has 2 aliphatic carbocycles. The molecule has 0 spiro atoms. The Hall–Kier alpha value is -0.600. The van der Waals surface area contributed by atoms with E-state index in [2.05, 4.69) is 28.9 Å². The zero-order chi connectivity index (χ0) is 11.5. The molecule has 92 valence electrons. The predicted octanol–water partition coefficient (Wildman–Crippen LogP) is 4.07. The zero-order valence-corrected chi connectivity index (χ0v) is 11.1. The van der Waals surface area contributed by atoms with E-state index in [1.807, 2.05) is 11.3 Å². The lowest BCUT2D eigenvalue weighted by atomic mass is 9.91.